The monoisotopic (exact) mass is 499 g/mol. The lowest BCUT2D eigenvalue weighted by molar-refractivity contribution is 0.0939. The zero-order valence-electron chi connectivity index (χ0n) is 19.7. The Morgan fingerprint density at radius 2 is 1.97 bits per heavy atom. The number of anilines is 3. The molecule has 36 heavy (non-hydrogen) atoms. The maximum Gasteiger partial charge on any atom is 0.331 e. The van der Waals surface area contributed by atoms with Gasteiger partial charge in [0.25, 0.3) is 5.91 Å². The number of urea groups is 1. The van der Waals surface area contributed by atoms with Gasteiger partial charge >= 0.3 is 6.03 Å². The quantitative estimate of drug-likeness (QED) is 0.327. The minimum absolute atomic E-state index is 0.0460. The molecule has 2 atom stereocenters. The third-order valence-electron chi connectivity index (χ3n) is 6.73. The molecule has 6 rings (SSSR count). The van der Waals surface area contributed by atoms with Crippen LogP contribution in [-0.2, 0) is 0 Å². The smallest absolute Gasteiger partial charge is 0.331 e. The van der Waals surface area contributed by atoms with Crippen molar-refractivity contribution in [2.75, 3.05) is 10.2 Å². The van der Waals surface area contributed by atoms with E-state index in [0.717, 1.165) is 41.6 Å². The van der Waals surface area contributed by atoms with Gasteiger partial charge < -0.3 is 21.1 Å². The number of hydrogen-bond acceptors (Lipinski definition) is 6. The second-order valence-corrected chi connectivity index (χ2v) is 10.1. The van der Waals surface area contributed by atoms with Crippen molar-refractivity contribution in [3.63, 3.8) is 0 Å². The fourth-order valence-electron chi connectivity index (χ4n) is 4.95. The standard InChI is InChI=1S/C27H25N5O3S/c1-15-14-17(35-16-6-3-2-4-7-16)10-11-20(15)32-21-12-13-29-26-22(21)23(31-27(32)34)24(36-26)25(33)30-19-9-5-8-18(19)28/h2-4,6-7,10-14,18-19H,5,8-9,28H2,1H3,(H,30,33)(H,31,34)/t18-,19?/m0/s1. The van der Waals surface area contributed by atoms with E-state index in [1.807, 2.05) is 55.5 Å². The molecule has 1 aliphatic carbocycles. The number of rotatable bonds is 5. The molecule has 0 bridgehead atoms. The van der Waals surface area contributed by atoms with Crippen molar-refractivity contribution < 1.29 is 14.3 Å². The number of nitrogens with zero attached hydrogens (tertiary/aromatic N) is 2. The number of thiophene rings is 1. The molecule has 182 valence electrons. The summed E-state index contributed by atoms with van der Waals surface area (Å²) in [6.45, 7) is 1.94. The topological polar surface area (TPSA) is 110 Å². The van der Waals surface area contributed by atoms with Crippen LogP contribution >= 0.6 is 11.3 Å². The average Bonchev–Trinajstić information content (AvgIpc) is 3.45. The van der Waals surface area contributed by atoms with Crippen molar-refractivity contribution in [3.8, 4) is 11.5 Å². The number of para-hydroxylation sites is 1. The summed E-state index contributed by atoms with van der Waals surface area (Å²) < 4.78 is 5.95. The third-order valence-corrected chi connectivity index (χ3v) is 7.82. The second-order valence-electron chi connectivity index (χ2n) is 9.12. The van der Waals surface area contributed by atoms with Crippen LogP contribution in [0.15, 0.2) is 60.8 Å². The highest BCUT2D eigenvalue weighted by Gasteiger charge is 2.34. The van der Waals surface area contributed by atoms with Crippen LogP contribution in [0.4, 0.5) is 21.9 Å². The zero-order valence-corrected chi connectivity index (χ0v) is 20.5. The van der Waals surface area contributed by atoms with Gasteiger partial charge in [-0.2, -0.15) is 0 Å². The van der Waals surface area contributed by atoms with Crippen LogP contribution in [0.1, 0.15) is 34.5 Å². The van der Waals surface area contributed by atoms with Gasteiger partial charge in [0.05, 0.1) is 22.4 Å². The van der Waals surface area contributed by atoms with Crippen LogP contribution in [0, 0.1) is 6.92 Å². The van der Waals surface area contributed by atoms with Gasteiger partial charge in [0.15, 0.2) is 0 Å². The van der Waals surface area contributed by atoms with Gasteiger partial charge in [0.1, 0.15) is 21.2 Å². The predicted octanol–water partition coefficient (Wildman–Crippen LogP) is 5.69. The molecule has 2 aromatic heterocycles. The maximum atomic E-state index is 13.4. The Bertz CT molecular complexity index is 1490. The van der Waals surface area contributed by atoms with Gasteiger partial charge in [0, 0.05) is 18.3 Å². The van der Waals surface area contributed by atoms with Gasteiger partial charge in [-0.05, 0) is 68.1 Å². The number of benzene rings is 2. The molecule has 1 aliphatic heterocycles. The molecule has 2 aliphatic rings. The second kappa shape index (κ2) is 8.92. The largest absolute Gasteiger partial charge is 0.457 e. The van der Waals surface area contributed by atoms with Gasteiger partial charge in [-0.1, -0.05) is 18.2 Å². The van der Waals surface area contributed by atoms with Gasteiger partial charge in [-0.15, -0.1) is 11.3 Å². The number of carbonyl (C=O) groups is 2. The van der Waals surface area contributed by atoms with Crippen molar-refractivity contribution in [1.29, 1.82) is 0 Å². The van der Waals surface area contributed by atoms with E-state index in [1.165, 1.54) is 11.3 Å². The van der Waals surface area contributed by atoms with E-state index in [4.69, 9.17) is 10.5 Å². The Morgan fingerprint density at radius 3 is 2.72 bits per heavy atom. The first-order chi connectivity index (χ1) is 17.5. The fourth-order valence-corrected chi connectivity index (χ4v) is 5.97. The molecule has 0 saturated heterocycles. The van der Waals surface area contributed by atoms with E-state index in [9.17, 15) is 9.59 Å². The number of amides is 3. The average molecular weight is 500 g/mol. The minimum Gasteiger partial charge on any atom is -0.457 e. The number of aromatic nitrogens is 1. The fraction of sp³-hybridized carbons (Fsp3) is 0.222. The highest BCUT2D eigenvalue weighted by atomic mass is 32.1. The first-order valence-corrected chi connectivity index (χ1v) is 12.7. The number of hydrogen-bond donors (Lipinski definition) is 3. The van der Waals surface area contributed by atoms with Crippen molar-refractivity contribution in [1.82, 2.24) is 10.3 Å². The van der Waals surface area contributed by atoms with Gasteiger partial charge in [0.2, 0.25) is 0 Å². The van der Waals surface area contributed by atoms with Crippen LogP contribution < -0.4 is 26.0 Å². The molecule has 8 nitrogen and oxygen atoms in total. The van der Waals surface area contributed by atoms with E-state index in [0.29, 0.717) is 26.8 Å². The third kappa shape index (κ3) is 3.86. The molecule has 1 unspecified atom stereocenters. The Morgan fingerprint density at radius 1 is 1.14 bits per heavy atom. The highest BCUT2D eigenvalue weighted by molar-refractivity contribution is 7.21. The molecule has 3 amide bonds. The highest BCUT2D eigenvalue weighted by Crippen LogP contribution is 2.46. The first-order valence-electron chi connectivity index (χ1n) is 11.9. The number of aryl methyl sites for hydroxylation is 1. The van der Waals surface area contributed by atoms with Crippen LogP contribution in [0.5, 0.6) is 11.5 Å². The summed E-state index contributed by atoms with van der Waals surface area (Å²) in [5, 5.41) is 6.77. The Balaban J connectivity index is 1.35. The van der Waals surface area contributed by atoms with Crippen molar-refractivity contribution in [2.45, 2.75) is 38.3 Å². The van der Waals surface area contributed by atoms with Crippen molar-refractivity contribution in [2.24, 2.45) is 5.73 Å². The molecule has 0 spiro atoms. The van der Waals surface area contributed by atoms with Crippen LogP contribution in [0.2, 0.25) is 0 Å². The lowest BCUT2D eigenvalue weighted by Crippen LogP contribution is -2.44. The molecule has 1 saturated carbocycles. The molecule has 2 aromatic carbocycles. The van der Waals surface area contributed by atoms with E-state index in [-0.39, 0.29) is 24.0 Å². The van der Waals surface area contributed by atoms with E-state index in [2.05, 4.69) is 15.6 Å². The summed E-state index contributed by atoms with van der Waals surface area (Å²) in [6, 6.07) is 16.5. The SMILES string of the molecule is Cc1cc(Oc2ccccc2)ccc1N1C(=O)Nc2c(C(=O)NC3CCC[C@@H]3N)sc3nccc1c23. The van der Waals surface area contributed by atoms with Crippen LogP contribution in [0.25, 0.3) is 10.2 Å². The van der Waals surface area contributed by atoms with Gasteiger partial charge in [-0.25, -0.2) is 9.78 Å². The van der Waals surface area contributed by atoms with E-state index in [1.54, 1.807) is 17.2 Å². The molecular weight excluding hydrogens is 474 g/mol. The normalized spacial score (nSPS) is 18.8. The summed E-state index contributed by atoms with van der Waals surface area (Å²) in [7, 11) is 0. The molecule has 4 N–H and O–H groups in total. The summed E-state index contributed by atoms with van der Waals surface area (Å²) in [4.78, 5) is 33.8. The number of nitrogens with two attached hydrogens (primary N) is 1. The summed E-state index contributed by atoms with van der Waals surface area (Å²) in [6.07, 6.45) is 4.42. The number of pyridine rings is 1. The first kappa shape index (κ1) is 22.5. The Hall–Kier alpha value is -3.95. The van der Waals surface area contributed by atoms with E-state index >= 15 is 0 Å². The Kier molecular flexibility index (Phi) is 5.58. The zero-order chi connectivity index (χ0) is 24.8. The molecule has 0 radical (unpaired) electrons. The molecule has 9 heteroatoms. The van der Waals surface area contributed by atoms with Crippen LogP contribution in [-0.4, -0.2) is 29.0 Å². The lowest BCUT2D eigenvalue weighted by Gasteiger charge is -2.29. The van der Waals surface area contributed by atoms with Gasteiger partial charge in [-0.3, -0.25) is 9.69 Å². The van der Waals surface area contributed by atoms with Crippen LogP contribution in [0.3, 0.4) is 0 Å². The lowest BCUT2D eigenvalue weighted by atomic mass is 10.1. The summed E-state index contributed by atoms with van der Waals surface area (Å²) >= 11 is 1.28. The summed E-state index contributed by atoms with van der Waals surface area (Å²) in [5.74, 6) is 1.19. The van der Waals surface area contributed by atoms with E-state index < -0.39 is 0 Å². The molecule has 1 fully saturated rings. The van der Waals surface area contributed by atoms with Crippen molar-refractivity contribution >= 4 is 50.6 Å². The Labute approximate surface area is 212 Å². The maximum absolute atomic E-state index is 13.4. The molecule has 3 heterocycles. The minimum atomic E-state index is -0.333. The predicted molar refractivity (Wildman–Crippen MR) is 142 cm³/mol. The summed E-state index contributed by atoms with van der Waals surface area (Å²) in [5.41, 5.74) is 8.93. The van der Waals surface area contributed by atoms with Crippen molar-refractivity contribution in [3.05, 3.63) is 71.2 Å². The number of carbonyl (C=O) groups excluding carboxylic acids is 2. The number of nitrogens with one attached hydrogen (secondary N) is 2. The molecule has 4 aromatic rings. The molecular formula is C27H25N5O3S. The number of ether oxygens (including phenoxy) is 1.